The Kier molecular flexibility index (Phi) is 5.79. The number of piperidine rings is 1. The van der Waals surface area contributed by atoms with Gasteiger partial charge < -0.3 is 14.5 Å². The molecule has 0 aromatic rings. The summed E-state index contributed by atoms with van der Waals surface area (Å²) in [4.78, 5) is 38.0. The number of likely N-dealkylation sites (tertiary alicyclic amines) is 1. The van der Waals surface area contributed by atoms with Crippen molar-refractivity contribution < 1.29 is 19.1 Å². The second kappa shape index (κ2) is 7.11. The molecule has 108 valence electrons. The summed E-state index contributed by atoms with van der Waals surface area (Å²) < 4.78 is 5.00. The molecule has 1 aliphatic rings. The number of carbonyl (C=O) groups excluding carboxylic acids is 3. The number of hydrogen-bond acceptors (Lipinski definition) is 4. The van der Waals surface area contributed by atoms with E-state index in [2.05, 4.69) is 0 Å². The molecule has 0 spiro atoms. The molecule has 1 rings (SSSR count). The van der Waals surface area contributed by atoms with E-state index in [1.54, 1.807) is 18.9 Å². The highest BCUT2D eigenvalue weighted by Gasteiger charge is 2.33. The predicted molar refractivity (Wildman–Crippen MR) is 69.3 cm³/mol. The number of carbonyl (C=O) groups is 3. The van der Waals surface area contributed by atoms with Crippen LogP contribution in [0.5, 0.6) is 0 Å². The minimum Gasteiger partial charge on any atom is -0.464 e. The Morgan fingerprint density at radius 3 is 2.58 bits per heavy atom. The van der Waals surface area contributed by atoms with Gasteiger partial charge in [-0.2, -0.15) is 0 Å². The van der Waals surface area contributed by atoms with Crippen LogP contribution in [0.15, 0.2) is 0 Å². The maximum atomic E-state index is 12.2. The first-order chi connectivity index (χ1) is 8.97. The number of hydrogen-bond donors (Lipinski definition) is 0. The van der Waals surface area contributed by atoms with E-state index in [1.165, 1.54) is 11.8 Å². The zero-order valence-electron chi connectivity index (χ0n) is 11.8. The molecule has 1 heterocycles. The van der Waals surface area contributed by atoms with Crippen LogP contribution in [-0.4, -0.2) is 60.4 Å². The Bertz CT molecular complexity index is 357. The Labute approximate surface area is 113 Å². The van der Waals surface area contributed by atoms with E-state index < -0.39 is 6.04 Å². The minimum atomic E-state index is -0.499. The van der Waals surface area contributed by atoms with Gasteiger partial charge in [-0.25, -0.2) is 4.79 Å². The first kappa shape index (κ1) is 15.5. The normalized spacial score (nSPS) is 18.9. The van der Waals surface area contributed by atoms with E-state index >= 15 is 0 Å². The molecular formula is C13H22N2O4. The standard InChI is InChI=1S/C13H22N2O4/c1-4-19-13(18)11-7-5-6-8-15(11)12(17)9-14(3)10(2)16/h11H,4-9H2,1-3H3. The summed E-state index contributed by atoms with van der Waals surface area (Å²) in [5, 5.41) is 0. The highest BCUT2D eigenvalue weighted by molar-refractivity contribution is 5.88. The second-order valence-corrected chi connectivity index (χ2v) is 4.73. The lowest BCUT2D eigenvalue weighted by Gasteiger charge is -2.34. The maximum Gasteiger partial charge on any atom is 0.328 e. The van der Waals surface area contributed by atoms with Gasteiger partial charge in [-0.1, -0.05) is 0 Å². The highest BCUT2D eigenvalue weighted by Crippen LogP contribution is 2.18. The molecule has 1 atom stereocenters. The molecule has 0 radical (unpaired) electrons. The first-order valence-electron chi connectivity index (χ1n) is 6.65. The first-order valence-corrected chi connectivity index (χ1v) is 6.65. The smallest absolute Gasteiger partial charge is 0.328 e. The van der Waals surface area contributed by atoms with E-state index in [0.29, 0.717) is 19.6 Å². The van der Waals surface area contributed by atoms with Gasteiger partial charge in [0.05, 0.1) is 13.2 Å². The molecule has 0 aromatic carbocycles. The fourth-order valence-corrected chi connectivity index (χ4v) is 2.12. The number of likely N-dealkylation sites (N-methyl/N-ethyl adjacent to an activating group) is 1. The number of amides is 2. The summed E-state index contributed by atoms with van der Waals surface area (Å²) in [7, 11) is 1.57. The van der Waals surface area contributed by atoms with Crippen molar-refractivity contribution in [3.05, 3.63) is 0 Å². The third kappa shape index (κ3) is 4.22. The van der Waals surface area contributed by atoms with Crippen molar-refractivity contribution in [1.29, 1.82) is 0 Å². The molecular weight excluding hydrogens is 248 g/mol. The van der Waals surface area contributed by atoms with Gasteiger partial charge in [0.1, 0.15) is 6.04 Å². The van der Waals surface area contributed by atoms with Crippen LogP contribution in [0.1, 0.15) is 33.1 Å². The van der Waals surface area contributed by atoms with Gasteiger partial charge in [0.2, 0.25) is 11.8 Å². The van der Waals surface area contributed by atoms with Gasteiger partial charge in [0.15, 0.2) is 0 Å². The number of rotatable bonds is 4. The lowest BCUT2D eigenvalue weighted by Crippen LogP contribution is -2.51. The average Bonchev–Trinajstić information content (AvgIpc) is 2.38. The largest absolute Gasteiger partial charge is 0.464 e. The molecule has 19 heavy (non-hydrogen) atoms. The third-order valence-corrected chi connectivity index (χ3v) is 3.29. The Balaban J connectivity index is 2.68. The number of ether oxygens (including phenoxy) is 1. The second-order valence-electron chi connectivity index (χ2n) is 4.73. The van der Waals surface area contributed by atoms with Crippen molar-refractivity contribution in [3.8, 4) is 0 Å². The molecule has 0 N–H and O–H groups in total. The fourth-order valence-electron chi connectivity index (χ4n) is 2.12. The van der Waals surface area contributed by atoms with Crippen molar-refractivity contribution in [2.45, 2.75) is 39.2 Å². The molecule has 0 aliphatic carbocycles. The lowest BCUT2D eigenvalue weighted by atomic mass is 10.0. The topological polar surface area (TPSA) is 66.9 Å². The van der Waals surface area contributed by atoms with E-state index in [0.717, 1.165) is 12.8 Å². The summed E-state index contributed by atoms with van der Waals surface area (Å²) in [6.45, 7) is 4.02. The molecule has 0 aromatic heterocycles. The molecule has 1 unspecified atom stereocenters. The van der Waals surface area contributed by atoms with Gasteiger partial charge in [0, 0.05) is 20.5 Å². The molecule has 2 amide bonds. The average molecular weight is 270 g/mol. The van der Waals surface area contributed by atoms with Gasteiger partial charge in [-0.3, -0.25) is 9.59 Å². The molecule has 1 saturated heterocycles. The van der Waals surface area contributed by atoms with E-state index in [-0.39, 0.29) is 24.3 Å². The SMILES string of the molecule is CCOC(=O)C1CCCCN1C(=O)CN(C)C(C)=O. The van der Waals surface area contributed by atoms with Gasteiger partial charge in [-0.15, -0.1) is 0 Å². The van der Waals surface area contributed by atoms with Crippen LogP contribution in [0, 0.1) is 0 Å². The van der Waals surface area contributed by atoms with Gasteiger partial charge >= 0.3 is 5.97 Å². The molecule has 1 aliphatic heterocycles. The summed E-state index contributed by atoms with van der Waals surface area (Å²) in [5.41, 5.74) is 0. The predicted octanol–water partition coefficient (Wildman–Crippen LogP) is 0.409. The zero-order valence-corrected chi connectivity index (χ0v) is 11.8. The molecule has 1 fully saturated rings. The van der Waals surface area contributed by atoms with E-state index in [1.807, 2.05) is 0 Å². The minimum absolute atomic E-state index is 0.00520. The molecule has 0 saturated carbocycles. The van der Waals surface area contributed by atoms with E-state index in [4.69, 9.17) is 4.74 Å². The summed E-state index contributed by atoms with van der Waals surface area (Å²) >= 11 is 0. The van der Waals surface area contributed by atoms with Crippen molar-refractivity contribution >= 4 is 17.8 Å². The fraction of sp³-hybridized carbons (Fsp3) is 0.769. The highest BCUT2D eigenvalue weighted by atomic mass is 16.5. The third-order valence-electron chi connectivity index (χ3n) is 3.29. The van der Waals surface area contributed by atoms with Crippen molar-refractivity contribution in [3.63, 3.8) is 0 Å². The van der Waals surface area contributed by atoms with E-state index in [9.17, 15) is 14.4 Å². The van der Waals surface area contributed by atoms with Crippen molar-refractivity contribution in [2.24, 2.45) is 0 Å². The zero-order chi connectivity index (χ0) is 14.4. The molecule has 6 heteroatoms. The number of esters is 1. The van der Waals surface area contributed by atoms with Crippen LogP contribution < -0.4 is 0 Å². The van der Waals surface area contributed by atoms with Crippen LogP contribution >= 0.6 is 0 Å². The quantitative estimate of drug-likeness (QED) is 0.694. The summed E-state index contributed by atoms with van der Waals surface area (Å²) in [5.74, 6) is -0.713. The molecule has 0 bridgehead atoms. The monoisotopic (exact) mass is 270 g/mol. The van der Waals surface area contributed by atoms with Crippen LogP contribution in [0.2, 0.25) is 0 Å². The van der Waals surface area contributed by atoms with Crippen LogP contribution in [0.3, 0.4) is 0 Å². The van der Waals surface area contributed by atoms with Crippen molar-refractivity contribution in [2.75, 3.05) is 26.7 Å². The summed E-state index contributed by atoms with van der Waals surface area (Å²) in [6.07, 6.45) is 2.43. The lowest BCUT2D eigenvalue weighted by molar-refractivity contribution is -0.157. The van der Waals surface area contributed by atoms with Crippen LogP contribution in [-0.2, 0) is 19.1 Å². The summed E-state index contributed by atoms with van der Waals surface area (Å²) in [6, 6.07) is -0.499. The Hall–Kier alpha value is -1.59. The van der Waals surface area contributed by atoms with Crippen molar-refractivity contribution in [1.82, 2.24) is 9.80 Å². The Morgan fingerprint density at radius 2 is 2.00 bits per heavy atom. The van der Waals surface area contributed by atoms with Gasteiger partial charge in [-0.05, 0) is 26.2 Å². The number of nitrogens with zero attached hydrogens (tertiary/aromatic N) is 2. The maximum absolute atomic E-state index is 12.2. The van der Waals surface area contributed by atoms with Gasteiger partial charge in [0.25, 0.3) is 0 Å². The van der Waals surface area contributed by atoms with Crippen LogP contribution in [0.4, 0.5) is 0 Å². The van der Waals surface area contributed by atoms with Crippen LogP contribution in [0.25, 0.3) is 0 Å². The Morgan fingerprint density at radius 1 is 1.32 bits per heavy atom. The molecule has 6 nitrogen and oxygen atoms in total.